The summed E-state index contributed by atoms with van der Waals surface area (Å²) < 4.78 is 17.9. The number of likely N-dealkylation sites (tertiary alicyclic amines) is 1. The number of rotatable bonds is 9. The first-order valence-corrected chi connectivity index (χ1v) is 16.7. The molecule has 11 heteroatoms. The Morgan fingerprint density at radius 2 is 2.02 bits per heavy atom. The van der Waals surface area contributed by atoms with E-state index in [0.717, 1.165) is 45.6 Å². The zero-order chi connectivity index (χ0) is 31.6. The summed E-state index contributed by atoms with van der Waals surface area (Å²) in [5.74, 6) is 1.47. The van der Waals surface area contributed by atoms with E-state index in [4.69, 9.17) is 22.1 Å². The summed E-state index contributed by atoms with van der Waals surface area (Å²) in [7, 11) is 0. The molecule has 1 saturated heterocycles. The predicted molar refractivity (Wildman–Crippen MR) is 179 cm³/mol. The highest BCUT2D eigenvalue weighted by atomic mass is 35.5. The van der Waals surface area contributed by atoms with E-state index in [-0.39, 0.29) is 18.8 Å². The summed E-state index contributed by atoms with van der Waals surface area (Å²) in [5.41, 5.74) is 7.25. The molecule has 238 valence electrons. The van der Waals surface area contributed by atoms with E-state index in [0.29, 0.717) is 22.1 Å². The number of amidine groups is 1. The lowest BCUT2D eigenvalue weighted by Crippen LogP contribution is -2.61. The maximum absolute atomic E-state index is 14.4. The van der Waals surface area contributed by atoms with E-state index >= 15 is 0 Å². The van der Waals surface area contributed by atoms with Gasteiger partial charge in [-0.3, -0.25) is 10.1 Å². The molecule has 0 amide bonds. The molecule has 3 aliphatic rings. The number of aromatic nitrogens is 6. The number of nitrogens with one attached hydrogen (secondary N) is 3. The molecule has 5 heterocycles. The first kappa shape index (κ1) is 29.4. The van der Waals surface area contributed by atoms with Crippen LogP contribution in [0.3, 0.4) is 0 Å². The lowest BCUT2D eigenvalue weighted by molar-refractivity contribution is -0.0889. The van der Waals surface area contributed by atoms with Crippen LogP contribution < -0.4 is 5.32 Å². The van der Waals surface area contributed by atoms with Gasteiger partial charge in [-0.2, -0.15) is 5.10 Å². The van der Waals surface area contributed by atoms with Crippen LogP contribution >= 0.6 is 11.6 Å². The van der Waals surface area contributed by atoms with Gasteiger partial charge < -0.3 is 19.8 Å². The van der Waals surface area contributed by atoms with Crippen LogP contribution in [-0.2, 0) is 19.4 Å². The molecule has 2 fully saturated rings. The fourth-order valence-electron chi connectivity index (χ4n) is 8.25. The summed E-state index contributed by atoms with van der Waals surface area (Å²) in [6.45, 7) is 8.46. The topological polar surface area (TPSA) is 103 Å². The van der Waals surface area contributed by atoms with Gasteiger partial charge in [0.05, 0.1) is 29.1 Å². The van der Waals surface area contributed by atoms with Crippen molar-refractivity contribution in [3.05, 3.63) is 82.8 Å². The van der Waals surface area contributed by atoms with Gasteiger partial charge in [0.25, 0.3) is 0 Å². The molecule has 0 radical (unpaired) electrons. The van der Waals surface area contributed by atoms with Gasteiger partial charge in [0, 0.05) is 49.2 Å². The molecule has 46 heavy (non-hydrogen) atoms. The number of benzene rings is 2. The molecule has 1 spiro atoms. The number of alkyl halides is 1. The lowest BCUT2D eigenvalue weighted by atomic mass is 9.58. The Balaban J connectivity index is 1.04. The van der Waals surface area contributed by atoms with Crippen molar-refractivity contribution >= 4 is 34.3 Å². The second-order valence-electron chi connectivity index (χ2n) is 13.8. The van der Waals surface area contributed by atoms with Crippen LogP contribution in [0.15, 0.2) is 55.2 Å². The number of halogens is 2. The summed E-state index contributed by atoms with van der Waals surface area (Å²) in [4.78, 5) is 14.5. The molecular formula is C35H39ClFN9. The minimum absolute atomic E-state index is 0.113. The minimum Gasteiger partial charge on any atom is -0.331 e. The quantitative estimate of drug-likeness (QED) is 0.121. The summed E-state index contributed by atoms with van der Waals surface area (Å²) in [6.07, 6.45) is 11.2. The number of aromatic amines is 1. The van der Waals surface area contributed by atoms with Gasteiger partial charge in [-0.05, 0) is 78.8 Å². The Morgan fingerprint density at radius 3 is 2.76 bits per heavy atom. The van der Waals surface area contributed by atoms with Crippen LogP contribution in [0.4, 0.5) is 10.3 Å². The highest BCUT2D eigenvalue weighted by molar-refractivity contribution is 6.36. The van der Waals surface area contributed by atoms with E-state index in [2.05, 4.69) is 63.3 Å². The first-order valence-electron chi connectivity index (χ1n) is 16.3. The van der Waals surface area contributed by atoms with Crippen molar-refractivity contribution in [2.24, 2.45) is 11.3 Å². The van der Waals surface area contributed by atoms with Gasteiger partial charge in [0.15, 0.2) is 6.04 Å². The smallest absolute Gasteiger partial charge is 0.205 e. The maximum atomic E-state index is 14.4. The van der Waals surface area contributed by atoms with Crippen LogP contribution in [0.25, 0.3) is 22.0 Å². The first-order chi connectivity index (χ1) is 22.2. The highest BCUT2D eigenvalue weighted by Gasteiger charge is 2.50. The van der Waals surface area contributed by atoms with Gasteiger partial charge >= 0.3 is 0 Å². The Hall–Kier alpha value is -4.02. The molecule has 5 aromatic rings. The number of fused-ring (bicyclic) bond motifs is 2. The molecule has 0 bridgehead atoms. The van der Waals surface area contributed by atoms with Crippen molar-refractivity contribution < 1.29 is 4.39 Å². The largest absolute Gasteiger partial charge is 0.331 e. The standard InChI is InChI=1S/C35H39ClFN9/c1-21-14-35(15-21)18-44(19-35)11-3-4-23-5-7-24(8-6-23)26-13-28(36)27-17-46(43-30(27)22(26)2)32(33(38)42-34-39-9-10-40-34)31-29-12-25(37)16-45(29)20-41-31/h5-10,13,17,20-21,25,32H,3-4,11-12,14-16,18-19H2,1-2H3,(H3,38,39,40,42)/t25-,32?/m1/s1. The van der Waals surface area contributed by atoms with Crippen LogP contribution in [-0.4, -0.2) is 65.8 Å². The Labute approximate surface area is 272 Å². The molecule has 1 aliphatic carbocycles. The van der Waals surface area contributed by atoms with E-state index in [9.17, 15) is 4.39 Å². The second kappa shape index (κ2) is 11.3. The molecule has 1 saturated carbocycles. The van der Waals surface area contributed by atoms with Crippen molar-refractivity contribution in [3.8, 4) is 11.1 Å². The second-order valence-corrected chi connectivity index (χ2v) is 14.2. The van der Waals surface area contributed by atoms with Crippen LogP contribution in [0.5, 0.6) is 0 Å². The van der Waals surface area contributed by atoms with E-state index in [1.807, 2.05) is 16.8 Å². The van der Waals surface area contributed by atoms with Gasteiger partial charge in [0.1, 0.15) is 12.0 Å². The normalized spacial score (nSPS) is 19.7. The molecule has 1 unspecified atom stereocenters. The third-order valence-electron chi connectivity index (χ3n) is 10.2. The highest BCUT2D eigenvalue weighted by Crippen LogP contribution is 2.51. The average molecular weight is 640 g/mol. The molecule has 2 aromatic carbocycles. The molecule has 3 aromatic heterocycles. The van der Waals surface area contributed by atoms with Crippen LogP contribution in [0.2, 0.25) is 5.02 Å². The minimum atomic E-state index is -0.976. The van der Waals surface area contributed by atoms with Gasteiger partial charge in [0.2, 0.25) is 5.95 Å². The van der Waals surface area contributed by atoms with E-state index in [1.165, 1.54) is 44.5 Å². The monoisotopic (exact) mass is 639 g/mol. The van der Waals surface area contributed by atoms with Crippen LogP contribution in [0, 0.1) is 23.7 Å². The number of nitrogens with zero attached hydrogens (tertiary/aromatic N) is 6. The van der Waals surface area contributed by atoms with E-state index in [1.54, 1.807) is 23.4 Å². The third kappa shape index (κ3) is 5.21. The van der Waals surface area contributed by atoms with Gasteiger partial charge in [-0.1, -0.05) is 42.8 Å². The number of hydrogen-bond donors (Lipinski definition) is 3. The van der Waals surface area contributed by atoms with Gasteiger partial charge in [-0.25, -0.2) is 14.4 Å². The molecule has 2 atom stereocenters. The average Bonchev–Trinajstić information content (AvgIpc) is 3.80. The predicted octanol–water partition coefficient (Wildman–Crippen LogP) is 6.82. The maximum Gasteiger partial charge on any atom is 0.205 e. The Morgan fingerprint density at radius 1 is 1.22 bits per heavy atom. The van der Waals surface area contributed by atoms with E-state index < -0.39 is 12.2 Å². The fraction of sp³-hybridized carbons (Fsp3) is 0.429. The van der Waals surface area contributed by atoms with Crippen molar-refractivity contribution in [3.63, 3.8) is 0 Å². The third-order valence-corrected chi connectivity index (χ3v) is 10.6. The van der Waals surface area contributed by atoms with Gasteiger partial charge in [-0.15, -0.1) is 0 Å². The van der Waals surface area contributed by atoms with Crippen molar-refractivity contribution in [1.29, 1.82) is 5.41 Å². The SMILES string of the molecule is Cc1c(-c2ccc(CCCN3CC4(CC(C)C4)C3)cc2)cc(Cl)c2cn(C(C(=N)Nc3ncc[nH]3)c3ncn4c3C[C@@H](F)C4)nc12. The molecule has 3 N–H and O–H groups in total. The van der Waals surface area contributed by atoms with Crippen molar-refractivity contribution in [2.45, 2.75) is 64.7 Å². The van der Waals surface area contributed by atoms with Crippen LogP contribution in [0.1, 0.15) is 54.7 Å². The lowest BCUT2D eigenvalue weighted by Gasteiger charge is -2.59. The number of anilines is 1. The number of aryl methyl sites for hydroxylation is 2. The number of H-pyrrole nitrogens is 1. The zero-order valence-electron chi connectivity index (χ0n) is 26.2. The van der Waals surface area contributed by atoms with Crippen molar-refractivity contribution in [2.75, 3.05) is 25.0 Å². The summed E-state index contributed by atoms with van der Waals surface area (Å²) in [6, 6.07) is 10.1. The number of hydrogen-bond acceptors (Lipinski definition) is 5. The molecule has 8 rings (SSSR count). The molecule has 9 nitrogen and oxygen atoms in total. The fourth-order valence-corrected chi connectivity index (χ4v) is 8.50. The molecule has 2 aliphatic heterocycles. The zero-order valence-corrected chi connectivity index (χ0v) is 27.0. The van der Waals surface area contributed by atoms with Crippen molar-refractivity contribution in [1.82, 2.24) is 34.2 Å². The summed E-state index contributed by atoms with van der Waals surface area (Å²) in [5, 5.41) is 18.5. The number of imidazole rings is 2. The molecular weight excluding hydrogens is 601 g/mol. The Bertz CT molecular complexity index is 1890. The summed E-state index contributed by atoms with van der Waals surface area (Å²) >= 11 is 6.91. The Kier molecular flexibility index (Phi) is 7.25.